The number of ether oxygens (including phenoxy) is 3. The van der Waals surface area contributed by atoms with Crippen LogP contribution in [0.3, 0.4) is 0 Å². The van der Waals surface area contributed by atoms with E-state index in [-0.39, 0.29) is 31.1 Å². The Morgan fingerprint density at radius 1 is 0.355 bits per heavy atom. The van der Waals surface area contributed by atoms with Crippen molar-refractivity contribution in [3.8, 4) is 0 Å². The summed E-state index contributed by atoms with van der Waals surface area (Å²) in [5.74, 6) is -0.917. The lowest BCUT2D eigenvalue weighted by Crippen LogP contribution is -2.30. The molecule has 0 spiro atoms. The summed E-state index contributed by atoms with van der Waals surface area (Å²) in [6.45, 7) is 6.37. The largest absolute Gasteiger partial charge is 0.462 e. The maximum absolute atomic E-state index is 12.8. The van der Waals surface area contributed by atoms with Crippen LogP contribution in [0.25, 0.3) is 0 Å². The van der Waals surface area contributed by atoms with Gasteiger partial charge in [0.25, 0.3) is 0 Å². The second-order valence-electron chi connectivity index (χ2n) is 17.1. The number of rotatable bonds is 46. The molecule has 0 aromatic heterocycles. The molecule has 0 bridgehead atoms. The highest BCUT2D eigenvalue weighted by molar-refractivity contribution is 5.71. The first-order valence-electron chi connectivity index (χ1n) is 26.0. The third-order valence-electron chi connectivity index (χ3n) is 11.0. The van der Waals surface area contributed by atoms with Crippen LogP contribution in [-0.4, -0.2) is 37.2 Å². The Morgan fingerprint density at radius 3 is 1.16 bits per heavy atom. The summed E-state index contributed by atoms with van der Waals surface area (Å²) in [5.41, 5.74) is 0. The highest BCUT2D eigenvalue weighted by Gasteiger charge is 2.19. The minimum atomic E-state index is -0.788. The van der Waals surface area contributed by atoms with Crippen molar-refractivity contribution in [3.05, 3.63) is 72.9 Å². The van der Waals surface area contributed by atoms with Gasteiger partial charge < -0.3 is 14.2 Å². The molecular formula is C56H96O6. The number of unbranched alkanes of at least 4 members (excludes halogenated alkanes) is 25. The third kappa shape index (κ3) is 47.9. The minimum absolute atomic E-state index is 0.0873. The Kier molecular flexibility index (Phi) is 47.9. The van der Waals surface area contributed by atoms with Crippen LogP contribution in [0.5, 0.6) is 0 Å². The number of hydrogen-bond donors (Lipinski definition) is 0. The molecule has 0 saturated heterocycles. The molecule has 0 heterocycles. The van der Waals surface area contributed by atoms with Crippen molar-refractivity contribution < 1.29 is 28.6 Å². The first kappa shape index (κ1) is 58.9. The maximum atomic E-state index is 12.8. The van der Waals surface area contributed by atoms with Gasteiger partial charge in [-0.05, 0) is 89.9 Å². The molecular weight excluding hydrogens is 769 g/mol. The fourth-order valence-corrected chi connectivity index (χ4v) is 7.12. The molecule has 6 heteroatoms. The van der Waals surface area contributed by atoms with E-state index in [4.69, 9.17) is 14.2 Å². The maximum Gasteiger partial charge on any atom is 0.306 e. The van der Waals surface area contributed by atoms with E-state index in [2.05, 4.69) is 93.7 Å². The summed E-state index contributed by atoms with van der Waals surface area (Å²) in [6, 6.07) is 0. The van der Waals surface area contributed by atoms with Crippen LogP contribution in [0.2, 0.25) is 0 Å². The molecule has 0 fully saturated rings. The Bertz CT molecular complexity index is 1180. The zero-order chi connectivity index (χ0) is 45.1. The van der Waals surface area contributed by atoms with Crippen LogP contribution in [-0.2, 0) is 28.6 Å². The molecule has 6 nitrogen and oxygen atoms in total. The Balaban J connectivity index is 4.40. The number of esters is 3. The van der Waals surface area contributed by atoms with Crippen molar-refractivity contribution in [2.45, 2.75) is 252 Å². The van der Waals surface area contributed by atoms with Gasteiger partial charge in [0, 0.05) is 19.3 Å². The molecule has 0 saturated carbocycles. The molecule has 0 rings (SSSR count). The lowest BCUT2D eigenvalue weighted by molar-refractivity contribution is -0.167. The summed E-state index contributed by atoms with van der Waals surface area (Å²) < 4.78 is 16.8. The molecule has 0 aliphatic heterocycles. The van der Waals surface area contributed by atoms with Gasteiger partial charge >= 0.3 is 17.9 Å². The van der Waals surface area contributed by atoms with Crippen LogP contribution in [0.15, 0.2) is 72.9 Å². The zero-order valence-corrected chi connectivity index (χ0v) is 40.6. The number of hydrogen-bond acceptors (Lipinski definition) is 6. The second kappa shape index (κ2) is 50.5. The number of allylic oxidation sites excluding steroid dienone is 12. The smallest absolute Gasteiger partial charge is 0.306 e. The molecule has 0 amide bonds. The SMILES string of the molecule is CC\C=C/C=C\C=C/CCCCCCCCCC(=O)OC(COC(=O)CCCCCCC/C=C\C/C=C\CC)COC(=O)CCCCCCCCC/C=C\CCCCCCCC. The molecule has 62 heavy (non-hydrogen) atoms. The van der Waals surface area contributed by atoms with Crippen molar-refractivity contribution in [1.29, 1.82) is 0 Å². The van der Waals surface area contributed by atoms with Crippen LogP contribution >= 0.6 is 0 Å². The van der Waals surface area contributed by atoms with Crippen molar-refractivity contribution in [2.75, 3.05) is 13.2 Å². The topological polar surface area (TPSA) is 78.9 Å². The highest BCUT2D eigenvalue weighted by Crippen LogP contribution is 2.14. The van der Waals surface area contributed by atoms with Gasteiger partial charge in [-0.15, -0.1) is 0 Å². The van der Waals surface area contributed by atoms with Crippen molar-refractivity contribution in [1.82, 2.24) is 0 Å². The van der Waals surface area contributed by atoms with Gasteiger partial charge in [0.1, 0.15) is 13.2 Å². The molecule has 1 unspecified atom stereocenters. The minimum Gasteiger partial charge on any atom is -0.462 e. The predicted octanol–water partition coefficient (Wildman–Crippen LogP) is 17.0. The fourth-order valence-electron chi connectivity index (χ4n) is 7.12. The molecule has 0 aromatic rings. The first-order valence-corrected chi connectivity index (χ1v) is 26.0. The average Bonchev–Trinajstić information content (AvgIpc) is 3.27. The molecule has 1 atom stereocenters. The fraction of sp³-hybridized carbons (Fsp3) is 0.732. The predicted molar refractivity (Wildman–Crippen MR) is 265 cm³/mol. The molecule has 0 aliphatic carbocycles. The molecule has 356 valence electrons. The van der Waals surface area contributed by atoms with Crippen molar-refractivity contribution in [2.24, 2.45) is 0 Å². The third-order valence-corrected chi connectivity index (χ3v) is 11.0. The van der Waals surface area contributed by atoms with Crippen molar-refractivity contribution >= 4 is 17.9 Å². The van der Waals surface area contributed by atoms with Crippen LogP contribution in [0.1, 0.15) is 245 Å². The van der Waals surface area contributed by atoms with E-state index in [9.17, 15) is 14.4 Å². The molecule has 0 aliphatic rings. The summed E-state index contributed by atoms with van der Waals surface area (Å²) in [7, 11) is 0. The molecule has 0 N–H and O–H groups in total. The standard InChI is InChI=1S/C56H96O6/c1-4-7-10-13-16-19-22-25-27-28-30-31-34-37-40-43-46-49-55(58)61-52-53(51-60-54(57)48-45-42-39-36-33-24-21-18-15-12-9-6-3)62-56(59)50-47-44-41-38-35-32-29-26-23-20-17-14-11-8-5-2/h8-9,11-12,14,17-18,20-21,23,25,27,53H,4-7,10,13,15-16,19,22,24,26,28-52H2,1-3H3/b11-8-,12-9-,17-14-,21-18-,23-20-,27-25-. The van der Waals surface area contributed by atoms with Gasteiger partial charge in [-0.3, -0.25) is 14.4 Å². The first-order chi connectivity index (χ1) is 30.5. The summed E-state index contributed by atoms with van der Waals surface area (Å²) in [5, 5.41) is 0. The lowest BCUT2D eigenvalue weighted by Gasteiger charge is -2.18. The Labute approximate surface area is 382 Å². The normalized spacial score (nSPS) is 12.6. The second-order valence-corrected chi connectivity index (χ2v) is 17.1. The quantitative estimate of drug-likeness (QED) is 0.0199. The van der Waals surface area contributed by atoms with Crippen LogP contribution < -0.4 is 0 Å². The van der Waals surface area contributed by atoms with Gasteiger partial charge in [0.2, 0.25) is 0 Å². The van der Waals surface area contributed by atoms with Crippen molar-refractivity contribution in [3.63, 3.8) is 0 Å². The van der Waals surface area contributed by atoms with E-state index < -0.39 is 6.10 Å². The molecule has 0 radical (unpaired) electrons. The van der Waals surface area contributed by atoms with Crippen LogP contribution in [0, 0.1) is 0 Å². The summed E-state index contributed by atoms with van der Waals surface area (Å²) >= 11 is 0. The highest BCUT2D eigenvalue weighted by atomic mass is 16.6. The monoisotopic (exact) mass is 865 g/mol. The van der Waals surface area contributed by atoms with E-state index in [0.717, 1.165) is 103 Å². The Morgan fingerprint density at radius 2 is 0.710 bits per heavy atom. The van der Waals surface area contributed by atoms with E-state index in [1.165, 1.54) is 103 Å². The summed E-state index contributed by atoms with van der Waals surface area (Å²) in [6.07, 6.45) is 63.1. The molecule has 0 aromatic carbocycles. The summed E-state index contributed by atoms with van der Waals surface area (Å²) in [4.78, 5) is 38.0. The van der Waals surface area contributed by atoms with E-state index >= 15 is 0 Å². The lowest BCUT2D eigenvalue weighted by atomic mass is 10.1. The average molecular weight is 865 g/mol. The van der Waals surface area contributed by atoms with E-state index in [1.807, 2.05) is 0 Å². The Hall–Kier alpha value is -3.15. The van der Waals surface area contributed by atoms with Gasteiger partial charge in [-0.25, -0.2) is 0 Å². The van der Waals surface area contributed by atoms with Gasteiger partial charge in [-0.1, -0.05) is 209 Å². The van der Waals surface area contributed by atoms with Crippen LogP contribution in [0.4, 0.5) is 0 Å². The number of carbonyl (C=O) groups is 3. The van der Waals surface area contributed by atoms with E-state index in [0.29, 0.717) is 19.3 Å². The zero-order valence-electron chi connectivity index (χ0n) is 40.6. The van der Waals surface area contributed by atoms with Gasteiger partial charge in [0.05, 0.1) is 0 Å². The number of carbonyl (C=O) groups excluding carboxylic acids is 3. The van der Waals surface area contributed by atoms with Gasteiger partial charge in [0.15, 0.2) is 6.10 Å². The van der Waals surface area contributed by atoms with Gasteiger partial charge in [-0.2, -0.15) is 0 Å². The van der Waals surface area contributed by atoms with E-state index in [1.54, 1.807) is 0 Å².